The van der Waals surface area contributed by atoms with Crippen molar-refractivity contribution in [1.29, 1.82) is 0 Å². The Morgan fingerprint density at radius 1 is 1.09 bits per heavy atom. The van der Waals surface area contributed by atoms with Crippen molar-refractivity contribution in [1.82, 2.24) is 10.3 Å². The highest BCUT2D eigenvalue weighted by atomic mass is 16.6. The van der Waals surface area contributed by atoms with E-state index < -0.39 is 16.6 Å². The normalized spacial score (nSPS) is 10.6. The summed E-state index contributed by atoms with van der Waals surface area (Å²) in [7, 11) is 3.37. The van der Waals surface area contributed by atoms with Crippen LogP contribution in [-0.4, -0.2) is 41.8 Å². The van der Waals surface area contributed by atoms with Crippen LogP contribution >= 0.6 is 0 Å². The molecule has 0 radical (unpaired) electrons. The number of rotatable bonds is 9. The number of nitro groups is 1. The maximum absolute atomic E-state index is 13.2. The smallest absolute Gasteiger partial charge is 0.293 e. The quantitative estimate of drug-likeness (QED) is 0.290. The van der Waals surface area contributed by atoms with Crippen molar-refractivity contribution in [2.75, 3.05) is 19.0 Å². The van der Waals surface area contributed by atoms with Gasteiger partial charge in [-0.05, 0) is 38.1 Å². The summed E-state index contributed by atoms with van der Waals surface area (Å²) in [5.74, 6) is -0.512. The Morgan fingerprint density at radius 2 is 1.79 bits per heavy atom. The van der Waals surface area contributed by atoms with E-state index in [-0.39, 0.29) is 35.0 Å². The van der Waals surface area contributed by atoms with Gasteiger partial charge in [0.2, 0.25) is 5.88 Å². The molecular formula is C25H26N4O5. The van der Waals surface area contributed by atoms with Gasteiger partial charge >= 0.3 is 0 Å². The first kappa shape index (κ1) is 24.4. The summed E-state index contributed by atoms with van der Waals surface area (Å²) in [5.41, 5.74) is 1.33. The summed E-state index contributed by atoms with van der Waals surface area (Å²) >= 11 is 0. The molecule has 1 amide bonds. The summed E-state index contributed by atoms with van der Waals surface area (Å²) in [6, 6.07) is 14.2. The molecule has 34 heavy (non-hydrogen) atoms. The fraction of sp³-hybridized carbons (Fsp3) is 0.240. The van der Waals surface area contributed by atoms with Gasteiger partial charge < -0.3 is 15.0 Å². The number of amides is 1. The lowest BCUT2D eigenvalue weighted by atomic mass is 9.97. The van der Waals surface area contributed by atoms with E-state index in [0.29, 0.717) is 17.1 Å². The second-order valence-corrected chi connectivity index (χ2v) is 8.05. The third kappa shape index (κ3) is 5.55. The SMILES string of the molecule is CC(C)Oc1ncccc1CNC(=O)c1ccccc1C(=O)c1ccc(N(C)C)c([N+](=O)[O-])c1. The zero-order valence-electron chi connectivity index (χ0n) is 19.4. The zero-order chi connectivity index (χ0) is 24.8. The minimum Gasteiger partial charge on any atom is -0.475 e. The van der Waals surface area contributed by atoms with Gasteiger partial charge in [-0.1, -0.05) is 24.3 Å². The Morgan fingerprint density at radius 3 is 2.44 bits per heavy atom. The van der Waals surface area contributed by atoms with Crippen LogP contribution in [0.1, 0.15) is 45.7 Å². The zero-order valence-corrected chi connectivity index (χ0v) is 19.4. The lowest BCUT2D eigenvalue weighted by Gasteiger charge is -2.15. The minimum atomic E-state index is -0.532. The number of ether oxygens (including phenoxy) is 1. The van der Waals surface area contributed by atoms with E-state index in [0.717, 1.165) is 0 Å². The van der Waals surface area contributed by atoms with Gasteiger partial charge in [-0.15, -0.1) is 0 Å². The molecule has 0 saturated heterocycles. The predicted octanol–water partition coefficient (Wildman–Crippen LogP) is 4.00. The molecule has 0 saturated carbocycles. The second kappa shape index (κ2) is 10.6. The summed E-state index contributed by atoms with van der Waals surface area (Å²) in [5, 5.41) is 14.3. The standard InChI is InChI=1S/C25H26N4O5/c1-16(2)34-25-18(8-7-13-26-25)15-27-24(31)20-10-6-5-9-19(20)23(30)17-11-12-21(28(3)4)22(14-17)29(32)33/h5-14,16H,15H2,1-4H3,(H,27,31). The van der Waals surface area contributed by atoms with E-state index in [2.05, 4.69) is 10.3 Å². The van der Waals surface area contributed by atoms with Gasteiger partial charge in [-0.25, -0.2) is 4.98 Å². The maximum atomic E-state index is 13.2. The number of hydrogen-bond acceptors (Lipinski definition) is 7. The number of carbonyl (C=O) groups excluding carboxylic acids is 2. The number of hydrogen-bond donors (Lipinski definition) is 1. The number of nitrogens with one attached hydrogen (secondary N) is 1. The molecule has 0 aliphatic heterocycles. The lowest BCUT2D eigenvalue weighted by Crippen LogP contribution is -2.25. The van der Waals surface area contributed by atoms with Crippen LogP contribution in [0.5, 0.6) is 5.88 Å². The Kier molecular flexibility index (Phi) is 7.57. The van der Waals surface area contributed by atoms with Gasteiger partial charge in [0.05, 0.1) is 16.6 Å². The van der Waals surface area contributed by atoms with Crippen molar-refractivity contribution in [3.8, 4) is 5.88 Å². The summed E-state index contributed by atoms with van der Waals surface area (Å²) in [6.07, 6.45) is 1.53. The number of benzene rings is 2. The maximum Gasteiger partial charge on any atom is 0.293 e. The Hall–Kier alpha value is -4.27. The molecule has 9 heteroatoms. The third-order valence-electron chi connectivity index (χ3n) is 4.97. The topological polar surface area (TPSA) is 115 Å². The van der Waals surface area contributed by atoms with Crippen molar-refractivity contribution in [3.05, 3.63) is 93.2 Å². The fourth-order valence-electron chi connectivity index (χ4n) is 3.38. The molecule has 1 aromatic heterocycles. The summed E-state index contributed by atoms with van der Waals surface area (Å²) < 4.78 is 5.69. The van der Waals surface area contributed by atoms with Gasteiger partial charge in [-0.3, -0.25) is 19.7 Å². The Balaban J connectivity index is 1.87. The van der Waals surface area contributed by atoms with Crippen molar-refractivity contribution in [3.63, 3.8) is 0 Å². The van der Waals surface area contributed by atoms with Crippen LogP contribution < -0.4 is 15.0 Å². The molecule has 9 nitrogen and oxygen atoms in total. The van der Waals surface area contributed by atoms with Gasteiger partial charge in [0.15, 0.2) is 5.78 Å². The van der Waals surface area contributed by atoms with Crippen LogP contribution in [0.15, 0.2) is 60.8 Å². The number of anilines is 1. The van der Waals surface area contributed by atoms with E-state index in [4.69, 9.17) is 4.74 Å². The second-order valence-electron chi connectivity index (χ2n) is 8.05. The van der Waals surface area contributed by atoms with Gasteiger partial charge in [0.1, 0.15) is 5.69 Å². The summed E-state index contributed by atoms with van der Waals surface area (Å²) in [4.78, 5) is 43.0. The number of nitro benzene ring substituents is 1. The summed E-state index contributed by atoms with van der Waals surface area (Å²) in [6.45, 7) is 3.92. The first-order chi connectivity index (χ1) is 16.2. The number of pyridine rings is 1. The first-order valence-electron chi connectivity index (χ1n) is 10.7. The third-order valence-corrected chi connectivity index (χ3v) is 4.97. The van der Waals surface area contributed by atoms with E-state index in [1.807, 2.05) is 13.8 Å². The average Bonchev–Trinajstić information content (AvgIpc) is 2.82. The molecule has 2 aromatic carbocycles. The largest absolute Gasteiger partial charge is 0.475 e. The molecule has 3 rings (SSSR count). The highest BCUT2D eigenvalue weighted by Gasteiger charge is 2.23. The number of aromatic nitrogens is 1. The predicted molar refractivity (Wildman–Crippen MR) is 128 cm³/mol. The molecule has 176 valence electrons. The number of ketones is 1. The van der Waals surface area contributed by atoms with Gasteiger partial charge in [0.25, 0.3) is 11.6 Å². The van der Waals surface area contributed by atoms with Crippen molar-refractivity contribution in [2.24, 2.45) is 0 Å². The number of carbonyl (C=O) groups is 2. The van der Waals surface area contributed by atoms with Crippen LogP contribution in [0.25, 0.3) is 0 Å². The van der Waals surface area contributed by atoms with Crippen LogP contribution in [0, 0.1) is 10.1 Å². The van der Waals surface area contributed by atoms with E-state index in [9.17, 15) is 19.7 Å². The lowest BCUT2D eigenvalue weighted by molar-refractivity contribution is -0.384. The highest BCUT2D eigenvalue weighted by molar-refractivity contribution is 6.15. The molecule has 0 spiro atoms. The molecule has 0 bridgehead atoms. The molecule has 0 aliphatic rings. The van der Waals surface area contributed by atoms with E-state index in [1.165, 1.54) is 24.3 Å². The Bertz CT molecular complexity index is 1220. The Labute approximate surface area is 197 Å². The molecule has 1 heterocycles. The van der Waals surface area contributed by atoms with Crippen LogP contribution in [-0.2, 0) is 6.54 Å². The molecule has 0 unspecified atom stereocenters. The monoisotopic (exact) mass is 462 g/mol. The van der Waals surface area contributed by atoms with E-state index in [1.54, 1.807) is 55.5 Å². The van der Waals surface area contributed by atoms with Crippen LogP contribution in [0.4, 0.5) is 11.4 Å². The van der Waals surface area contributed by atoms with Crippen molar-refractivity contribution in [2.45, 2.75) is 26.5 Å². The molecule has 0 aliphatic carbocycles. The minimum absolute atomic E-state index is 0.0781. The molecule has 0 atom stereocenters. The first-order valence-corrected chi connectivity index (χ1v) is 10.7. The van der Waals surface area contributed by atoms with Gasteiger partial charge in [-0.2, -0.15) is 0 Å². The van der Waals surface area contributed by atoms with E-state index >= 15 is 0 Å². The van der Waals surface area contributed by atoms with Crippen LogP contribution in [0.3, 0.4) is 0 Å². The van der Waals surface area contributed by atoms with Gasteiger partial charge in [0, 0.05) is 49.6 Å². The average molecular weight is 463 g/mol. The number of nitrogens with zero attached hydrogens (tertiary/aromatic N) is 3. The van der Waals surface area contributed by atoms with Crippen molar-refractivity contribution >= 4 is 23.1 Å². The van der Waals surface area contributed by atoms with Crippen LogP contribution in [0.2, 0.25) is 0 Å². The molecular weight excluding hydrogens is 436 g/mol. The molecule has 0 fully saturated rings. The molecule has 3 aromatic rings. The molecule has 1 N–H and O–H groups in total. The van der Waals surface area contributed by atoms with Crippen molar-refractivity contribution < 1.29 is 19.2 Å². The highest BCUT2D eigenvalue weighted by Crippen LogP contribution is 2.29. The fourth-order valence-corrected chi connectivity index (χ4v) is 3.38.